The van der Waals surface area contributed by atoms with Gasteiger partial charge in [-0.3, -0.25) is 43.7 Å². The fourth-order valence-corrected chi connectivity index (χ4v) is 11.1. The lowest BCUT2D eigenvalue weighted by molar-refractivity contribution is -0.145. The molecule has 380 valence electrons. The van der Waals surface area contributed by atoms with Crippen LogP contribution in [-0.4, -0.2) is 134 Å². The fraction of sp³-hybridized carbons (Fsp3) is 0.667. The summed E-state index contributed by atoms with van der Waals surface area (Å²) in [7, 11) is 0. The van der Waals surface area contributed by atoms with Crippen LogP contribution >= 0.6 is 0 Å². The van der Waals surface area contributed by atoms with Crippen LogP contribution in [0.25, 0.3) is 0 Å². The molecule has 7 rings (SSSR count). The monoisotopic (exact) mass is 971 g/mol. The third kappa shape index (κ3) is 12.8. The molecule has 4 saturated heterocycles. The van der Waals surface area contributed by atoms with Crippen LogP contribution in [-0.2, 0) is 44.8 Å². The van der Waals surface area contributed by atoms with Crippen LogP contribution in [0.2, 0.25) is 0 Å². The summed E-state index contributed by atoms with van der Waals surface area (Å²) >= 11 is 0. The van der Waals surface area contributed by atoms with Crippen molar-refractivity contribution < 1.29 is 53.0 Å². The summed E-state index contributed by atoms with van der Waals surface area (Å²) in [5, 5.41) is 21.6. The van der Waals surface area contributed by atoms with Gasteiger partial charge in [-0.2, -0.15) is 0 Å². The predicted molar refractivity (Wildman–Crippen MR) is 253 cm³/mol. The second-order valence-corrected chi connectivity index (χ2v) is 20.9. The number of amides is 9. The summed E-state index contributed by atoms with van der Waals surface area (Å²) in [5.74, 6) is 3.04. The van der Waals surface area contributed by atoms with Gasteiger partial charge in [0.1, 0.15) is 35.8 Å². The zero-order chi connectivity index (χ0) is 50.3. The van der Waals surface area contributed by atoms with Crippen molar-refractivity contribution >= 4 is 53.4 Å². The average molecular weight is 971 g/mol. The maximum atomic E-state index is 14.5. The molecule has 1 unspecified atom stereocenters. The number of nitrogens with zero attached hydrogens (tertiary/aromatic N) is 3. The van der Waals surface area contributed by atoms with E-state index in [0.29, 0.717) is 37.4 Å². The Balaban J connectivity index is 0.965. The molecule has 0 spiro atoms. The molecule has 9 amide bonds. The molecule has 0 aromatic heterocycles. The van der Waals surface area contributed by atoms with Crippen LogP contribution in [0.15, 0.2) is 18.2 Å². The summed E-state index contributed by atoms with van der Waals surface area (Å²) in [6.07, 6.45) is 7.01. The number of nitrogens with two attached hydrogens (primary N) is 1. The second kappa shape index (κ2) is 22.8. The number of nitrogens with one attached hydrogen (secondary N) is 4. The number of hydrogen-bond acceptors (Lipinski definition) is 11. The van der Waals surface area contributed by atoms with E-state index < -0.39 is 83.6 Å². The minimum absolute atomic E-state index is 0.127. The van der Waals surface area contributed by atoms with Crippen molar-refractivity contribution in [2.24, 2.45) is 17.6 Å². The van der Waals surface area contributed by atoms with Gasteiger partial charge in [-0.25, -0.2) is 4.79 Å². The quantitative estimate of drug-likeness (QED) is 0.124. The molecule has 1 aromatic rings. The van der Waals surface area contributed by atoms with Crippen LogP contribution < -0.4 is 27.0 Å². The molecule has 19 heteroatoms. The Morgan fingerprint density at radius 2 is 1.67 bits per heavy atom. The number of piperidine rings is 2. The van der Waals surface area contributed by atoms with Gasteiger partial charge in [0.15, 0.2) is 0 Å². The van der Waals surface area contributed by atoms with E-state index in [0.717, 1.165) is 62.5 Å². The third-order valence-electron chi connectivity index (χ3n) is 14.8. The molecule has 6 aliphatic rings. The molecule has 5 heterocycles. The fourth-order valence-electron chi connectivity index (χ4n) is 11.1. The number of aliphatic hydroxyl groups is 1. The number of rotatable bonds is 13. The highest BCUT2D eigenvalue weighted by molar-refractivity contribution is 6.05. The Kier molecular flexibility index (Phi) is 16.9. The number of carbonyl (C=O) groups is 9. The van der Waals surface area contributed by atoms with Gasteiger partial charge in [0.25, 0.3) is 5.91 Å². The molecule has 1 saturated carbocycles. The van der Waals surface area contributed by atoms with Crippen molar-refractivity contribution in [2.45, 2.75) is 191 Å². The molecule has 70 heavy (non-hydrogen) atoms. The molecule has 7 atom stereocenters. The van der Waals surface area contributed by atoms with Crippen molar-refractivity contribution in [1.82, 2.24) is 36.0 Å². The highest BCUT2D eigenvalue weighted by Crippen LogP contribution is 2.34. The lowest BCUT2D eigenvalue weighted by Crippen LogP contribution is -2.61. The highest BCUT2D eigenvalue weighted by Gasteiger charge is 2.47. The third-order valence-corrected chi connectivity index (χ3v) is 14.8. The van der Waals surface area contributed by atoms with Gasteiger partial charge in [-0.15, -0.1) is 0 Å². The van der Waals surface area contributed by atoms with E-state index in [1.165, 1.54) is 9.80 Å². The van der Waals surface area contributed by atoms with Crippen LogP contribution in [0, 0.1) is 23.7 Å². The molecule has 0 radical (unpaired) electrons. The van der Waals surface area contributed by atoms with Crippen LogP contribution in [0.1, 0.15) is 158 Å². The van der Waals surface area contributed by atoms with Crippen LogP contribution in [0.4, 0.5) is 4.79 Å². The highest BCUT2D eigenvalue weighted by atomic mass is 16.6. The Labute approximate surface area is 409 Å². The summed E-state index contributed by atoms with van der Waals surface area (Å²) in [6, 6.07) is -0.0128. The van der Waals surface area contributed by atoms with Crippen molar-refractivity contribution in [3.63, 3.8) is 0 Å². The molecule has 7 N–H and O–H groups in total. The zero-order valence-electron chi connectivity index (χ0n) is 40.7. The molecule has 5 aliphatic heterocycles. The lowest BCUT2D eigenvalue weighted by Gasteiger charge is -2.38. The van der Waals surface area contributed by atoms with Crippen molar-refractivity contribution in [2.75, 3.05) is 13.1 Å². The predicted octanol–water partition coefficient (Wildman–Crippen LogP) is 2.43. The van der Waals surface area contributed by atoms with Crippen LogP contribution in [0.3, 0.4) is 0 Å². The van der Waals surface area contributed by atoms with Crippen LogP contribution in [0.5, 0.6) is 0 Å². The van der Waals surface area contributed by atoms with Gasteiger partial charge < -0.3 is 46.2 Å². The minimum Gasteiger partial charge on any atom is -0.444 e. The molecular formula is C51H70N8O11. The number of hydrogen-bond donors (Lipinski definition) is 6. The molecule has 19 nitrogen and oxygen atoms in total. The minimum atomic E-state index is -1.25. The number of alkyl carbamates (subject to hydrolysis) is 1. The van der Waals surface area contributed by atoms with E-state index in [9.17, 15) is 48.3 Å². The van der Waals surface area contributed by atoms with Gasteiger partial charge in [0.05, 0.1) is 6.10 Å². The maximum Gasteiger partial charge on any atom is 0.408 e. The summed E-state index contributed by atoms with van der Waals surface area (Å²) in [5.41, 5.74) is 6.72. The lowest BCUT2D eigenvalue weighted by atomic mass is 9.82. The summed E-state index contributed by atoms with van der Waals surface area (Å²) in [6.45, 7) is 6.32. The van der Waals surface area contributed by atoms with E-state index in [1.54, 1.807) is 37.8 Å². The number of likely N-dealkylation sites (tertiary alicyclic amines) is 1. The van der Waals surface area contributed by atoms with Gasteiger partial charge in [-0.05, 0) is 127 Å². The summed E-state index contributed by atoms with van der Waals surface area (Å²) in [4.78, 5) is 124. The zero-order valence-corrected chi connectivity index (χ0v) is 40.7. The van der Waals surface area contributed by atoms with E-state index in [-0.39, 0.29) is 81.6 Å². The Hall–Kier alpha value is -6.03. The average Bonchev–Trinajstić information content (AvgIpc) is 3.89. The first-order chi connectivity index (χ1) is 33.4. The van der Waals surface area contributed by atoms with E-state index >= 15 is 0 Å². The van der Waals surface area contributed by atoms with Crippen molar-refractivity contribution in [3.8, 4) is 11.8 Å². The summed E-state index contributed by atoms with van der Waals surface area (Å²) < 4.78 is 5.40. The first-order valence-corrected chi connectivity index (χ1v) is 25.3. The van der Waals surface area contributed by atoms with Gasteiger partial charge >= 0.3 is 6.09 Å². The number of primary amides is 1. The number of benzene rings is 1. The molecule has 1 aliphatic carbocycles. The number of imide groups is 1. The first kappa shape index (κ1) is 51.8. The Bertz CT molecular complexity index is 2250. The van der Waals surface area contributed by atoms with E-state index in [1.807, 2.05) is 6.07 Å². The topological polar surface area (TPSA) is 267 Å². The van der Waals surface area contributed by atoms with Crippen molar-refractivity contribution in [3.05, 3.63) is 34.9 Å². The largest absolute Gasteiger partial charge is 0.444 e. The smallest absolute Gasteiger partial charge is 0.408 e. The molecule has 5 fully saturated rings. The Morgan fingerprint density at radius 3 is 2.37 bits per heavy atom. The SMILES string of the molecule is CC(C)(C)OC(=O)N[C@H]1CC[C@@H](O)C[C@H]2CC[C@@H](C(=O)N[C@@H](CCC(N)=O)C(=O)N[C@H](C(=O)N3CCC(CCC#Cc4cccc5c4CN(C4CCC(=O)NC4=O)C5=O)CC3)C3CCCCC3)N2C1=O. The number of ether oxygens (including phenoxy) is 1. The van der Waals surface area contributed by atoms with E-state index in [2.05, 4.69) is 33.1 Å². The number of fused-ring (bicyclic) bond motifs is 2. The standard InChI is InChI=1S/C51H70N8O11/c1-51(2,3)70-50(69)54-38-18-17-34(60)28-33-16-20-40(59(33)48(38)67)46(65)53-37(19-22-41(52)61)44(63)56-43(32-12-5-4-6-13-32)49(68)57-26-24-30(25-27-57)10-7-8-11-31-14-9-15-35-36(31)29-58(47(35)66)39-21-23-42(62)55-45(39)64/h9,14-15,30,32-34,37-40,43,60H,4-7,10,12-13,16-29H2,1-3H3,(H2,52,61)(H,53,65)(H,54,69)(H,56,63)(H,55,62,64)/t33-,34-,37+,38+,39?,40+,43+/m1/s1. The van der Waals surface area contributed by atoms with Crippen molar-refractivity contribution in [1.29, 1.82) is 0 Å². The number of aliphatic hydroxyl groups excluding tert-OH is 1. The first-order valence-electron chi connectivity index (χ1n) is 25.3. The van der Waals surface area contributed by atoms with Gasteiger partial charge in [0.2, 0.25) is 41.4 Å². The molecular weight excluding hydrogens is 901 g/mol. The Morgan fingerprint density at radius 1 is 0.929 bits per heavy atom. The normalized spacial score (nSPS) is 25.3. The maximum absolute atomic E-state index is 14.5. The number of carbonyl (C=O) groups excluding carboxylic acids is 9. The molecule has 1 aromatic carbocycles. The van der Waals surface area contributed by atoms with Gasteiger partial charge in [0, 0.05) is 56.1 Å². The van der Waals surface area contributed by atoms with Gasteiger partial charge in [-0.1, -0.05) is 37.2 Å². The molecule has 0 bridgehead atoms. The second-order valence-electron chi connectivity index (χ2n) is 20.9. The van der Waals surface area contributed by atoms with E-state index in [4.69, 9.17) is 10.5 Å².